The van der Waals surface area contributed by atoms with Crippen molar-refractivity contribution in [3.05, 3.63) is 206 Å². The van der Waals surface area contributed by atoms with Gasteiger partial charge in [0.15, 0.2) is 5.82 Å². The van der Waals surface area contributed by atoms with E-state index in [0.717, 1.165) is 94.8 Å². The number of hydrogen-bond acceptors (Lipinski definition) is 4. The fourth-order valence-corrected chi connectivity index (χ4v) is 7.93. The average molecular weight is 743 g/mol. The first kappa shape index (κ1) is 33.4. The van der Waals surface area contributed by atoms with E-state index >= 15 is 0 Å². The van der Waals surface area contributed by atoms with Gasteiger partial charge in [0, 0.05) is 38.7 Å². The van der Waals surface area contributed by atoms with Crippen molar-refractivity contribution >= 4 is 33.0 Å². The largest absolute Gasteiger partial charge is 0.456 e. The highest BCUT2D eigenvalue weighted by atomic mass is 16.3. The Bertz CT molecular complexity index is 3260. The second kappa shape index (κ2) is 14.0. The number of aromatic nitrogens is 4. The van der Waals surface area contributed by atoms with Crippen LogP contribution in [0.2, 0.25) is 0 Å². The molecule has 0 saturated heterocycles. The molecule has 11 aromatic rings. The Kier molecular flexibility index (Phi) is 8.07. The van der Waals surface area contributed by atoms with Gasteiger partial charge in [-0.05, 0) is 76.9 Å². The highest BCUT2D eigenvalue weighted by molar-refractivity contribution is 6.05. The molecule has 272 valence electrons. The quantitative estimate of drug-likeness (QED) is 0.163. The molecule has 3 heterocycles. The predicted octanol–water partition coefficient (Wildman–Crippen LogP) is 13.7. The van der Waals surface area contributed by atoms with E-state index in [0.29, 0.717) is 5.82 Å². The highest BCUT2D eigenvalue weighted by Crippen LogP contribution is 2.36. The minimum atomic E-state index is 0.637. The summed E-state index contributed by atoms with van der Waals surface area (Å²) in [6.45, 7) is 0. The van der Waals surface area contributed by atoms with Crippen LogP contribution in [-0.2, 0) is 0 Å². The predicted molar refractivity (Wildman–Crippen MR) is 237 cm³/mol. The van der Waals surface area contributed by atoms with E-state index in [1.807, 2.05) is 36.4 Å². The second-order valence-electron chi connectivity index (χ2n) is 14.5. The average Bonchev–Trinajstić information content (AvgIpc) is 3.88. The first-order valence-electron chi connectivity index (χ1n) is 19.4. The molecule has 0 radical (unpaired) electrons. The summed E-state index contributed by atoms with van der Waals surface area (Å²) in [7, 11) is 0. The van der Waals surface area contributed by atoms with Gasteiger partial charge in [0.1, 0.15) is 17.0 Å². The summed E-state index contributed by atoms with van der Waals surface area (Å²) in [5.41, 5.74) is 15.0. The number of fused-ring (bicyclic) bond motifs is 4. The van der Waals surface area contributed by atoms with Gasteiger partial charge >= 0.3 is 0 Å². The van der Waals surface area contributed by atoms with Crippen LogP contribution in [0, 0.1) is 0 Å². The minimum Gasteiger partial charge on any atom is -0.456 e. The third-order valence-corrected chi connectivity index (χ3v) is 10.9. The lowest BCUT2D eigenvalue weighted by molar-refractivity contribution is 0.669. The molecule has 0 spiro atoms. The maximum absolute atomic E-state index is 6.28. The molecule has 0 N–H and O–H groups in total. The van der Waals surface area contributed by atoms with Crippen molar-refractivity contribution in [2.24, 2.45) is 0 Å². The Morgan fingerprint density at radius 1 is 0.345 bits per heavy atom. The smallest absolute Gasteiger partial charge is 0.160 e. The van der Waals surface area contributed by atoms with E-state index in [4.69, 9.17) is 19.4 Å². The number of nitrogens with zero attached hydrogens (tertiary/aromatic N) is 4. The van der Waals surface area contributed by atoms with Crippen molar-refractivity contribution in [2.45, 2.75) is 0 Å². The van der Waals surface area contributed by atoms with Crippen LogP contribution in [0.25, 0.3) is 106 Å². The number of benzene rings is 8. The van der Waals surface area contributed by atoms with Gasteiger partial charge in [0.05, 0.1) is 22.4 Å². The first-order chi connectivity index (χ1) is 28.7. The zero-order valence-electron chi connectivity index (χ0n) is 31.3. The second-order valence-corrected chi connectivity index (χ2v) is 14.5. The molecule has 8 aromatic carbocycles. The van der Waals surface area contributed by atoms with E-state index in [1.165, 1.54) is 5.56 Å². The zero-order valence-corrected chi connectivity index (χ0v) is 31.3. The van der Waals surface area contributed by atoms with E-state index < -0.39 is 0 Å². The number of furan rings is 1. The molecule has 0 bridgehead atoms. The Morgan fingerprint density at radius 3 is 1.72 bits per heavy atom. The van der Waals surface area contributed by atoms with Crippen molar-refractivity contribution in [1.82, 2.24) is 19.5 Å². The van der Waals surface area contributed by atoms with Crippen LogP contribution in [0.4, 0.5) is 0 Å². The molecule has 0 atom stereocenters. The van der Waals surface area contributed by atoms with E-state index in [9.17, 15) is 0 Å². The lowest BCUT2D eigenvalue weighted by Gasteiger charge is -2.12. The maximum atomic E-state index is 6.28. The molecule has 5 heteroatoms. The summed E-state index contributed by atoms with van der Waals surface area (Å²) in [5.74, 6) is 1.55. The Labute approximate surface area is 335 Å². The SMILES string of the molecule is c1ccc(-c2ccc(-c3cc(-c4cccc(-c5ccc(-c6nc7ccccc7n6-c6ccccc6)cc5)c4)nc(-c4ccc5c(c4)oc4ccccc45)n3)cc2)cc1. The fourth-order valence-electron chi connectivity index (χ4n) is 7.93. The molecule has 0 amide bonds. The Morgan fingerprint density at radius 2 is 0.914 bits per heavy atom. The van der Waals surface area contributed by atoms with Crippen LogP contribution in [0.1, 0.15) is 0 Å². The molecule has 0 saturated carbocycles. The molecule has 0 aliphatic rings. The molecular formula is C53H34N4O. The fraction of sp³-hybridized carbons (Fsp3) is 0. The molecule has 0 aliphatic heterocycles. The maximum Gasteiger partial charge on any atom is 0.160 e. The summed E-state index contributed by atoms with van der Waals surface area (Å²) in [6.07, 6.45) is 0. The third-order valence-electron chi connectivity index (χ3n) is 10.9. The van der Waals surface area contributed by atoms with Gasteiger partial charge in [-0.1, -0.05) is 152 Å². The summed E-state index contributed by atoms with van der Waals surface area (Å²) < 4.78 is 8.52. The zero-order chi connectivity index (χ0) is 38.4. The van der Waals surface area contributed by atoms with E-state index in [-0.39, 0.29) is 0 Å². The number of hydrogen-bond donors (Lipinski definition) is 0. The first-order valence-corrected chi connectivity index (χ1v) is 19.4. The molecule has 0 fully saturated rings. The standard InChI is InChI=1S/C53H34N4O/c1-3-12-35(13-4-1)36-22-26-38(27-23-36)47-34-48(55-52(54-47)42-30-31-45-44-18-7-10-21-50(44)58-51(45)33-42)41-15-11-14-40(32-41)37-24-28-39(29-25-37)53-56-46-19-8-9-20-49(46)57(53)43-16-5-2-6-17-43/h1-34H. The molecule has 3 aromatic heterocycles. The lowest BCUT2D eigenvalue weighted by Crippen LogP contribution is -1.97. The van der Waals surface area contributed by atoms with Crippen LogP contribution in [0.5, 0.6) is 0 Å². The molecule has 11 rings (SSSR count). The molecule has 0 unspecified atom stereocenters. The van der Waals surface area contributed by atoms with Gasteiger partial charge in [0.2, 0.25) is 0 Å². The van der Waals surface area contributed by atoms with Crippen molar-refractivity contribution in [1.29, 1.82) is 0 Å². The van der Waals surface area contributed by atoms with Crippen LogP contribution in [0.15, 0.2) is 211 Å². The van der Waals surface area contributed by atoms with Crippen LogP contribution < -0.4 is 0 Å². The molecule has 58 heavy (non-hydrogen) atoms. The molecule has 5 nitrogen and oxygen atoms in total. The van der Waals surface area contributed by atoms with Gasteiger partial charge in [0.25, 0.3) is 0 Å². The number of rotatable bonds is 7. The number of imidazole rings is 1. The van der Waals surface area contributed by atoms with Crippen molar-refractivity contribution in [3.8, 4) is 73.2 Å². The summed E-state index contributed by atoms with van der Waals surface area (Å²) in [6, 6.07) is 71.5. The number of para-hydroxylation sites is 4. The molecule has 0 aliphatic carbocycles. The summed E-state index contributed by atoms with van der Waals surface area (Å²) in [4.78, 5) is 15.4. The summed E-state index contributed by atoms with van der Waals surface area (Å²) in [5, 5.41) is 2.17. The lowest BCUT2D eigenvalue weighted by atomic mass is 9.99. The van der Waals surface area contributed by atoms with Gasteiger partial charge in [-0.3, -0.25) is 4.57 Å². The minimum absolute atomic E-state index is 0.637. The Balaban J connectivity index is 0.987. The Hall–Kier alpha value is -7.89. The van der Waals surface area contributed by atoms with Crippen molar-refractivity contribution in [2.75, 3.05) is 0 Å². The van der Waals surface area contributed by atoms with Crippen molar-refractivity contribution < 1.29 is 4.42 Å². The monoisotopic (exact) mass is 742 g/mol. The highest BCUT2D eigenvalue weighted by Gasteiger charge is 2.16. The molecular weight excluding hydrogens is 709 g/mol. The summed E-state index contributed by atoms with van der Waals surface area (Å²) >= 11 is 0. The van der Waals surface area contributed by atoms with Crippen molar-refractivity contribution in [3.63, 3.8) is 0 Å². The van der Waals surface area contributed by atoms with Gasteiger partial charge in [-0.15, -0.1) is 0 Å². The topological polar surface area (TPSA) is 56.7 Å². The van der Waals surface area contributed by atoms with Gasteiger partial charge < -0.3 is 4.42 Å². The van der Waals surface area contributed by atoms with Gasteiger partial charge in [-0.25, -0.2) is 15.0 Å². The van der Waals surface area contributed by atoms with Gasteiger partial charge in [-0.2, -0.15) is 0 Å². The van der Waals surface area contributed by atoms with E-state index in [1.54, 1.807) is 0 Å². The normalized spacial score (nSPS) is 11.4. The van der Waals surface area contributed by atoms with Crippen LogP contribution in [0.3, 0.4) is 0 Å². The van der Waals surface area contributed by atoms with E-state index in [2.05, 4.69) is 174 Å². The van der Waals surface area contributed by atoms with Crippen LogP contribution >= 0.6 is 0 Å². The van der Waals surface area contributed by atoms with Crippen LogP contribution in [-0.4, -0.2) is 19.5 Å². The third kappa shape index (κ3) is 6.03.